The molecule has 0 atom stereocenters. The second-order valence-electron chi connectivity index (χ2n) is 5.10. The molecule has 0 aliphatic rings. The second-order valence-corrected chi connectivity index (χ2v) is 5.51. The lowest BCUT2D eigenvalue weighted by Gasteiger charge is -2.10. The average Bonchev–Trinajstić information content (AvgIpc) is 2.94. The highest BCUT2D eigenvalue weighted by atomic mass is 35.5. The van der Waals surface area contributed by atoms with Crippen LogP contribution in [-0.4, -0.2) is 22.1 Å². The molecule has 0 bridgehead atoms. The molecule has 0 aliphatic carbocycles. The summed E-state index contributed by atoms with van der Waals surface area (Å²) < 4.78 is 7.08. The minimum atomic E-state index is -0.345. The van der Waals surface area contributed by atoms with Gasteiger partial charge >= 0.3 is 5.97 Å². The van der Waals surface area contributed by atoms with Crippen LogP contribution >= 0.6 is 11.6 Å². The third kappa shape index (κ3) is 4.10. The van der Waals surface area contributed by atoms with E-state index in [4.69, 9.17) is 16.3 Å². The summed E-state index contributed by atoms with van der Waals surface area (Å²) in [6.07, 6.45) is 6.99. The highest BCUT2D eigenvalue weighted by Crippen LogP contribution is 2.20. The largest absolute Gasteiger partial charge is 0.462 e. The van der Waals surface area contributed by atoms with Crippen molar-refractivity contribution in [1.29, 1.82) is 0 Å². The SMILES string of the molecule is CCCCc1nccn1Cc1ccc(C(=O)OCC)cc1Cl. The van der Waals surface area contributed by atoms with Gasteiger partial charge in [0.2, 0.25) is 0 Å². The number of hydrogen-bond acceptors (Lipinski definition) is 3. The van der Waals surface area contributed by atoms with Gasteiger partial charge in [0.15, 0.2) is 0 Å². The van der Waals surface area contributed by atoms with Crippen molar-refractivity contribution in [3.05, 3.63) is 52.6 Å². The van der Waals surface area contributed by atoms with E-state index in [1.165, 1.54) is 0 Å². The molecule has 1 aromatic heterocycles. The molecular formula is C17H21ClN2O2. The summed E-state index contributed by atoms with van der Waals surface area (Å²) in [6, 6.07) is 5.29. The quantitative estimate of drug-likeness (QED) is 0.721. The van der Waals surface area contributed by atoms with Gasteiger partial charge < -0.3 is 9.30 Å². The van der Waals surface area contributed by atoms with Gasteiger partial charge in [-0.2, -0.15) is 0 Å². The maximum Gasteiger partial charge on any atom is 0.338 e. The minimum Gasteiger partial charge on any atom is -0.462 e. The third-order valence-electron chi connectivity index (χ3n) is 3.46. The third-order valence-corrected chi connectivity index (χ3v) is 3.81. The highest BCUT2D eigenvalue weighted by Gasteiger charge is 2.11. The van der Waals surface area contributed by atoms with E-state index < -0.39 is 0 Å². The molecule has 0 radical (unpaired) electrons. The number of hydrogen-bond donors (Lipinski definition) is 0. The Hall–Kier alpha value is -1.81. The molecule has 1 heterocycles. The Morgan fingerprint density at radius 3 is 2.86 bits per heavy atom. The zero-order valence-corrected chi connectivity index (χ0v) is 13.8. The molecule has 0 spiro atoms. The summed E-state index contributed by atoms with van der Waals surface area (Å²) in [6.45, 7) is 4.96. The van der Waals surface area contributed by atoms with Crippen molar-refractivity contribution in [2.24, 2.45) is 0 Å². The molecule has 22 heavy (non-hydrogen) atoms. The Kier molecular flexibility index (Phi) is 6.01. The number of carbonyl (C=O) groups is 1. The van der Waals surface area contributed by atoms with E-state index in [1.807, 2.05) is 18.5 Å². The summed E-state index contributed by atoms with van der Waals surface area (Å²) in [5.41, 5.74) is 1.44. The first-order valence-electron chi connectivity index (χ1n) is 7.61. The smallest absolute Gasteiger partial charge is 0.338 e. The van der Waals surface area contributed by atoms with E-state index in [0.717, 1.165) is 30.7 Å². The van der Waals surface area contributed by atoms with Crippen LogP contribution in [0.3, 0.4) is 0 Å². The topological polar surface area (TPSA) is 44.1 Å². The normalized spacial score (nSPS) is 10.7. The Bertz CT molecular complexity index is 637. The van der Waals surface area contributed by atoms with Crippen LogP contribution in [0.5, 0.6) is 0 Å². The Morgan fingerprint density at radius 2 is 2.18 bits per heavy atom. The molecular weight excluding hydrogens is 300 g/mol. The van der Waals surface area contributed by atoms with Crippen LogP contribution in [-0.2, 0) is 17.7 Å². The zero-order valence-electron chi connectivity index (χ0n) is 13.0. The number of rotatable bonds is 7. The average molecular weight is 321 g/mol. The fourth-order valence-corrected chi connectivity index (χ4v) is 2.49. The lowest BCUT2D eigenvalue weighted by molar-refractivity contribution is 0.0526. The number of aryl methyl sites for hydroxylation is 1. The molecule has 0 N–H and O–H groups in total. The molecule has 0 unspecified atom stereocenters. The molecule has 0 fully saturated rings. The minimum absolute atomic E-state index is 0.345. The van der Waals surface area contributed by atoms with Gasteiger partial charge in [-0.3, -0.25) is 0 Å². The fourth-order valence-electron chi connectivity index (χ4n) is 2.25. The van der Waals surface area contributed by atoms with Gasteiger partial charge in [-0.1, -0.05) is 31.0 Å². The van der Waals surface area contributed by atoms with Crippen molar-refractivity contribution >= 4 is 17.6 Å². The molecule has 0 aliphatic heterocycles. The molecule has 2 aromatic rings. The van der Waals surface area contributed by atoms with Gasteiger partial charge in [0.1, 0.15) is 5.82 Å². The maximum atomic E-state index is 11.7. The molecule has 0 saturated carbocycles. The maximum absolute atomic E-state index is 11.7. The Labute approximate surface area is 136 Å². The Balaban J connectivity index is 2.13. The molecule has 0 saturated heterocycles. The van der Waals surface area contributed by atoms with Crippen LogP contribution in [0.1, 0.15) is 48.4 Å². The number of carbonyl (C=O) groups excluding carboxylic acids is 1. The summed E-state index contributed by atoms with van der Waals surface area (Å²) in [5.74, 6) is 0.717. The number of benzene rings is 1. The standard InChI is InChI=1S/C17H21ClN2O2/c1-3-5-6-16-19-9-10-20(16)12-14-8-7-13(11-15(14)18)17(21)22-4-2/h7-11H,3-6,12H2,1-2H3. The molecule has 2 rings (SSSR count). The molecule has 4 nitrogen and oxygen atoms in total. The van der Waals surface area contributed by atoms with Crippen LogP contribution in [0.2, 0.25) is 5.02 Å². The van der Waals surface area contributed by atoms with Crippen molar-refractivity contribution in [2.75, 3.05) is 6.61 Å². The molecule has 1 aromatic carbocycles. The van der Waals surface area contributed by atoms with Crippen molar-refractivity contribution in [3.63, 3.8) is 0 Å². The van der Waals surface area contributed by atoms with Gasteiger partial charge in [-0.05, 0) is 31.0 Å². The van der Waals surface area contributed by atoms with Crippen LogP contribution < -0.4 is 0 Å². The molecule has 118 valence electrons. The monoisotopic (exact) mass is 320 g/mol. The van der Waals surface area contributed by atoms with Crippen molar-refractivity contribution in [2.45, 2.75) is 39.7 Å². The number of nitrogens with zero attached hydrogens (tertiary/aromatic N) is 2. The van der Waals surface area contributed by atoms with Crippen LogP contribution in [0, 0.1) is 0 Å². The van der Waals surface area contributed by atoms with Gasteiger partial charge in [0, 0.05) is 23.8 Å². The number of aromatic nitrogens is 2. The first-order valence-corrected chi connectivity index (χ1v) is 7.99. The van der Waals surface area contributed by atoms with E-state index in [1.54, 1.807) is 19.1 Å². The number of ether oxygens (including phenoxy) is 1. The highest BCUT2D eigenvalue weighted by molar-refractivity contribution is 6.31. The molecule has 0 amide bonds. The lowest BCUT2D eigenvalue weighted by atomic mass is 10.1. The predicted molar refractivity (Wildman–Crippen MR) is 87.3 cm³/mol. The number of halogens is 1. The molecule has 5 heteroatoms. The summed E-state index contributed by atoms with van der Waals surface area (Å²) in [7, 11) is 0. The van der Waals surface area contributed by atoms with Crippen LogP contribution in [0.25, 0.3) is 0 Å². The van der Waals surface area contributed by atoms with Crippen molar-refractivity contribution in [1.82, 2.24) is 9.55 Å². The van der Waals surface area contributed by atoms with Crippen LogP contribution in [0.4, 0.5) is 0 Å². The Morgan fingerprint density at radius 1 is 1.36 bits per heavy atom. The number of imidazole rings is 1. The van der Waals surface area contributed by atoms with E-state index in [-0.39, 0.29) is 5.97 Å². The van der Waals surface area contributed by atoms with Gasteiger partial charge in [-0.15, -0.1) is 0 Å². The van der Waals surface area contributed by atoms with E-state index in [2.05, 4.69) is 16.5 Å². The van der Waals surface area contributed by atoms with E-state index in [0.29, 0.717) is 23.7 Å². The summed E-state index contributed by atoms with van der Waals surface area (Å²) in [5, 5.41) is 0.570. The van der Waals surface area contributed by atoms with Gasteiger partial charge in [0.25, 0.3) is 0 Å². The first kappa shape index (κ1) is 16.6. The first-order chi connectivity index (χ1) is 10.7. The van der Waals surface area contributed by atoms with Crippen molar-refractivity contribution < 1.29 is 9.53 Å². The van der Waals surface area contributed by atoms with Crippen LogP contribution in [0.15, 0.2) is 30.6 Å². The van der Waals surface area contributed by atoms with Gasteiger partial charge in [0.05, 0.1) is 18.7 Å². The zero-order chi connectivity index (χ0) is 15.9. The fraction of sp³-hybridized carbons (Fsp3) is 0.412. The predicted octanol–water partition coefficient (Wildman–Crippen LogP) is 4.10. The summed E-state index contributed by atoms with van der Waals surface area (Å²) >= 11 is 6.31. The van der Waals surface area contributed by atoms with Crippen molar-refractivity contribution in [3.8, 4) is 0 Å². The van der Waals surface area contributed by atoms with Gasteiger partial charge in [-0.25, -0.2) is 9.78 Å². The lowest BCUT2D eigenvalue weighted by Crippen LogP contribution is -2.07. The second kappa shape index (κ2) is 7.99. The van der Waals surface area contributed by atoms with E-state index >= 15 is 0 Å². The summed E-state index contributed by atoms with van der Waals surface area (Å²) in [4.78, 5) is 16.1. The number of esters is 1. The van der Waals surface area contributed by atoms with E-state index in [9.17, 15) is 4.79 Å². The number of unbranched alkanes of at least 4 members (excludes halogenated alkanes) is 1.